The summed E-state index contributed by atoms with van der Waals surface area (Å²) in [6.07, 6.45) is 2.19. The molecule has 2 aromatic rings. The number of thioether (sulfide) groups is 1. The van der Waals surface area contributed by atoms with E-state index in [2.05, 4.69) is 15.5 Å². The van der Waals surface area contributed by atoms with Gasteiger partial charge in [0.25, 0.3) is 0 Å². The smallest absolute Gasteiger partial charge is 0.239 e. The maximum absolute atomic E-state index is 12.2. The largest absolute Gasteiger partial charge is 0.493 e. The summed E-state index contributed by atoms with van der Waals surface area (Å²) >= 11 is 7.53. The van der Waals surface area contributed by atoms with Crippen LogP contribution in [-0.4, -0.2) is 35.8 Å². The van der Waals surface area contributed by atoms with Crippen LogP contribution in [0.25, 0.3) is 0 Å². The Balaban J connectivity index is 1.65. The van der Waals surface area contributed by atoms with Crippen molar-refractivity contribution < 1.29 is 14.3 Å². The van der Waals surface area contributed by atoms with E-state index in [0.717, 1.165) is 11.1 Å². The highest BCUT2D eigenvalue weighted by Gasteiger charge is 2.30. The molecule has 0 spiro atoms. The van der Waals surface area contributed by atoms with Crippen molar-refractivity contribution in [3.63, 3.8) is 0 Å². The molecular weight excluding hydrogens is 410 g/mol. The van der Waals surface area contributed by atoms with Gasteiger partial charge in [-0.05, 0) is 55.7 Å². The normalized spacial score (nSPS) is 17.9. The molecule has 2 aromatic carbocycles. The second-order valence-electron chi connectivity index (χ2n) is 6.62. The molecule has 1 N–H and O–H groups in total. The molecule has 1 amide bonds. The maximum Gasteiger partial charge on any atom is 0.239 e. The minimum atomic E-state index is -0.281. The number of amides is 1. The minimum absolute atomic E-state index is 0.0523. The van der Waals surface area contributed by atoms with Crippen LogP contribution in [0.1, 0.15) is 25.0 Å². The van der Waals surface area contributed by atoms with Gasteiger partial charge in [-0.15, -0.1) is 5.10 Å². The topological polar surface area (TPSA) is 72.3 Å². The monoisotopic (exact) mass is 431 g/mol. The number of rotatable bonds is 7. The summed E-state index contributed by atoms with van der Waals surface area (Å²) in [6.45, 7) is 3.91. The Morgan fingerprint density at radius 3 is 2.76 bits per heavy atom. The summed E-state index contributed by atoms with van der Waals surface area (Å²) in [5, 5.41) is 11.8. The van der Waals surface area contributed by atoms with Crippen LogP contribution in [0.2, 0.25) is 5.02 Å². The van der Waals surface area contributed by atoms with E-state index in [9.17, 15) is 4.79 Å². The Hall–Kier alpha value is -2.51. The molecule has 0 radical (unpaired) electrons. The number of hydrogen-bond acceptors (Lipinski definition) is 6. The molecule has 8 heteroatoms. The molecule has 0 bridgehead atoms. The molecule has 6 nitrogen and oxygen atoms in total. The Kier molecular flexibility index (Phi) is 7.17. The van der Waals surface area contributed by atoms with E-state index < -0.39 is 0 Å². The van der Waals surface area contributed by atoms with Gasteiger partial charge in [0.05, 0.1) is 24.7 Å². The van der Waals surface area contributed by atoms with Gasteiger partial charge in [-0.1, -0.05) is 41.6 Å². The van der Waals surface area contributed by atoms with E-state index >= 15 is 0 Å². The van der Waals surface area contributed by atoms with Crippen LogP contribution in [0.5, 0.6) is 11.5 Å². The molecule has 1 unspecified atom stereocenters. The zero-order chi connectivity index (χ0) is 20.8. The van der Waals surface area contributed by atoms with E-state index in [1.165, 1.54) is 11.8 Å². The summed E-state index contributed by atoms with van der Waals surface area (Å²) in [4.78, 5) is 12.2. The molecule has 1 aliphatic rings. The summed E-state index contributed by atoms with van der Waals surface area (Å²) < 4.78 is 11.1. The minimum Gasteiger partial charge on any atom is -0.493 e. The van der Waals surface area contributed by atoms with Gasteiger partial charge >= 0.3 is 0 Å². The lowest BCUT2D eigenvalue weighted by Crippen LogP contribution is -2.26. The van der Waals surface area contributed by atoms with Gasteiger partial charge in [0.1, 0.15) is 0 Å². The molecule has 1 aliphatic heterocycles. The third-order valence-electron chi connectivity index (χ3n) is 4.05. The van der Waals surface area contributed by atoms with Crippen molar-refractivity contribution in [3.05, 3.63) is 58.6 Å². The van der Waals surface area contributed by atoms with Crippen molar-refractivity contribution in [2.24, 2.45) is 10.2 Å². The van der Waals surface area contributed by atoms with Crippen molar-refractivity contribution in [2.45, 2.75) is 31.6 Å². The van der Waals surface area contributed by atoms with E-state index in [-0.39, 0.29) is 17.3 Å². The van der Waals surface area contributed by atoms with Crippen molar-refractivity contribution >= 4 is 40.7 Å². The van der Waals surface area contributed by atoms with E-state index in [1.54, 1.807) is 13.3 Å². The van der Waals surface area contributed by atoms with Gasteiger partial charge in [0.15, 0.2) is 16.7 Å². The molecule has 0 saturated carbocycles. The predicted molar refractivity (Wildman–Crippen MR) is 118 cm³/mol. The summed E-state index contributed by atoms with van der Waals surface area (Å²) in [5.41, 5.74) is 1.74. The van der Waals surface area contributed by atoms with Crippen LogP contribution in [0.15, 0.2) is 52.7 Å². The fraction of sp³-hybridized carbons (Fsp3) is 0.286. The van der Waals surface area contributed by atoms with E-state index in [1.807, 2.05) is 56.3 Å². The quantitative estimate of drug-likeness (QED) is 0.524. The SMILES string of the molecule is COc1cc(/C=N/N=C2\NC(=O)C(Cc3ccccc3Cl)S2)ccc1OC(C)C. The number of carbonyl (C=O) groups is 1. The van der Waals surface area contributed by atoms with Crippen LogP contribution < -0.4 is 14.8 Å². The lowest BCUT2D eigenvalue weighted by Gasteiger charge is -2.13. The van der Waals surface area contributed by atoms with Gasteiger partial charge in [-0.2, -0.15) is 5.10 Å². The molecule has 1 atom stereocenters. The Bertz CT molecular complexity index is 947. The first kappa shape index (κ1) is 21.2. The second-order valence-corrected chi connectivity index (χ2v) is 8.22. The van der Waals surface area contributed by atoms with Crippen LogP contribution in [-0.2, 0) is 11.2 Å². The average Bonchev–Trinajstić information content (AvgIpc) is 3.03. The molecule has 3 rings (SSSR count). The number of methoxy groups -OCH3 is 1. The Morgan fingerprint density at radius 2 is 2.03 bits per heavy atom. The highest BCUT2D eigenvalue weighted by molar-refractivity contribution is 8.15. The summed E-state index contributed by atoms with van der Waals surface area (Å²) in [7, 11) is 1.59. The molecule has 29 heavy (non-hydrogen) atoms. The van der Waals surface area contributed by atoms with Crippen molar-refractivity contribution in [2.75, 3.05) is 7.11 Å². The molecule has 1 saturated heterocycles. The summed E-state index contributed by atoms with van der Waals surface area (Å²) in [5.74, 6) is 1.20. The maximum atomic E-state index is 12.2. The molecule has 1 heterocycles. The highest BCUT2D eigenvalue weighted by atomic mass is 35.5. The summed E-state index contributed by atoms with van der Waals surface area (Å²) in [6, 6.07) is 13.0. The molecule has 0 aromatic heterocycles. The Labute approximate surface area is 179 Å². The van der Waals surface area contributed by atoms with Crippen molar-refractivity contribution in [1.82, 2.24) is 5.32 Å². The number of hydrogen-bond donors (Lipinski definition) is 1. The van der Waals surface area contributed by atoms with Gasteiger partial charge in [-0.25, -0.2) is 0 Å². The van der Waals surface area contributed by atoms with Gasteiger partial charge < -0.3 is 14.8 Å². The molecular formula is C21H22ClN3O3S. The standard InChI is InChI=1S/C21H22ClN3O3S/c1-13(2)28-17-9-8-14(10-18(17)27-3)12-23-25-21-24-20(26)19(29-21)11-15-6-4-5-7-16(15)22/h4-10,12-13,19H,11H2,1-3H3,(H,24,25,26)/b23-12+. The van der Waals surface area contributed by atoms with E-state index in [4.69, 9.17) is 21.1 Å². The number of halogens is 1. The highest BCUT2D eigenvalue weighted by Crippen LogP contribution is 2.29. The zero-order valence-corrected chi connectivity index (χ0v) is 18.0. The number of carbonyl (C=O) groups excluding carboxylic acids is 1. The lowest BCUT2D eigenvalue weighted by molar-refractivity contribution is -0.118. The van der Waals surface area contributed by atoms with Crippen LogP contribution >= 0.6 is 23.4 Å². The fourth-order valence-electron chi connectivity index (χ4n) is 2.71. The van der Waals surface area contributed by atoms with Gasteiger partial charge in [0, 0.05) is 5.02 Å². The zero-order valence-electron chi connectivity index (χ0n) is 16.4. The first-order valence-electron chi connectivity index (χ1n) is 9.13. The lowest BCUT2D eigenvalue weighted by atomic mass is 10.1. The van der Waals surface area contributed by atoms with Crippen LogP contribution in [0.4, 0.5) is 0 Å². The number of ether oxygens (including phenoxy) is 2. The predicted octanol–water partition coefficient (Wildman–Crippen LogP) is 4.30. The third kappa shape index (κ3) is 5.74. The van der Waals surface area contributed by atoms with Crippen molar-refractivity contribution in [3.8, 4) is 11.5 Å². The molecule has 152 valence electrons. The molecule has 1 fully saturated rings. The second kappa shape index (κ2) is 9.80. The van der Waals surface area contributed by atoms with Gasteiger partial charge in [-0.3, -0.25) is 4.79 Å². The molecule has 0 aliphatic carbocycles. The van der Waals surface area contributed by atoms with Crippen molar-refractivity contribution in [1.29, 1.82) is 0 Å². The van der Waals surface area contributed by atoms with Crippen LogP contribution in [0, 0.1) is 0 Å². The van der Waals surface area contributed by atoms with Gasteiger partial charge in [0.2, 0.25) is 5.91 Å². The van der Waals surface area contributed by atoms with Crippen LogP contribution in [0.3, 0.4) is 0 Å². The number of nitrogens with zero attached hydrogens (tertiary/aromatic N) is 2. The number of nitrogens with one attached hydrogen (secondary N) is 1. The number of benzene rings is 2. The fourth-order valence-corrected chi connectivity index (χ4v) is 3.88. The van der Waals surface area contributed by atoms with E-state index in [0.29, 0.717) is 28.1 Å². The average molecular weight is 432 g/mol. The first-order valence-corrected chi connectivity index (χ1v) is 10.4. The third-order valence-corrected chi connectivity index (χ3v) is 5.49. The number of amidine groups is 1. The first-order chi connectivity index (χ1) is 14.0. The Morgan fingerprint density at radius 1 is 1.24 bits per heavy atom.